The Balaban J connectivity index is 0.000000207. The summed E-state index contributed by atoms with van der Waals surface area (Å²) in [6.45, 7) is 0. The molecule has 0 saturated heterocycles. The zero-order valence-corrected chi connectivity index (χ0v) is 17.8. The molecule has 7 heteroatoms. The van der Waals surface area contributed by atoms with Crippen LogP contribution in [0.1, 0.15) is 26.3 Å². The Morgan fingerprint density at radius 2 is 1.41 bits per heavy atom. The molecule has 5 aromatic rings. The topological polar surface area (TPSA) is 130 Å². The number of ketones is 1. The molecule has 0 atom stereocenters. The molecular formula is C27H19N3O4. The van der Waals surface area contributed by atoms with Crippen LogP contribution in [0.15, 0.2) is 84.7 Å². The van der Waals surface area contributed by atoms with Gasteiger partial charge in [-0.1, -0.05) is 36.4 Å². The number of nitrogens with zero attached hydrogens (tertiary/aromatic N) is 1. The second-order valence-electron chi connectivity index (χ2n) is 7.40. The molecule has 0 aliphatic rings. The number of hydrogen-bond donors (Lipinski definition) is 4. The summed E-state index contributed by atoms with van der Waals surface area (Å²) >= 11 is 0. The average molecular weight is 449 g/mol. The molecule has 0 fully saturated rings. The maximum Gasteiger partial charge on any atom is 0.203 e. The van der Waals surface area contributed by atoms with E-state index in [2.05, 4.69) is 9.97 Å². The number of phenolic OH excluding ortho intramolecular Hbond substituents is 2. The molecule has 3 aromatic carbocycles. The van der Waals surface area contributed by atoms with Gasteiger partial charge in [0.15, 0.2) is 17.8 Å². The van der Waals surface area contributed by atoms with Gasteiger partial charge in [-0.2, -0.15) is 5.26 Å². The van der Waals surface area contributed by atoms with Crippen LogP contribution in [0.3, 0.4) is 0 Å². The zero-order chi connectivity index (χ0) is 24.1. The number of Topliss-reactive ketones (excluding diaryl/α,β-unsaturated/α-hetero) is 1. The smallest absolute Gasteiger partial charge is 0.203 e. The quantitative estimate of drug-likeness (QED) is 0.0966. The summed E-state index contributed by atoms with van der Waals surface area (Å²) < 4.78 is 0. The lowest BCUT2D eigenvalue weighted by Gasteiger charge is -2.02. The number of aldehydes is 1. The molecule has 4 N–H and O–H groups in total. The molecule has 0 spiro atoms. The molecule has 2 aromatic heterocycles. The van der Waals surface area contributed by atoms with Crippen molar-refractivity contribution < 1.29 is 19.8 Å². The Bertz CT molecular complexity index is 1580. The van der Waals surface area contributed by atoms with Crippen molar-refractivity contribution in [2.45, 2.75) is 0 Å². The highest BCUT2D eigenvalue weighted by atomic mass is 16.3. The third-order valence-corrected chi connectivity index (χ3v) is 5.27. The Labute approximate surface area is 194 Å². The van der Waals surface area contributed by atoms with Crippen LogP contribution >= 0.6 is 0 Å². The Hall–Kier alpha value is -5.09. The summed E-state index contributed by atoms with van der Waals surface area (Å²) in [4.78, 5) is 29.0. The highest BCUT2D eigenvalue weighted by Gasteiger charge is 2.15. The van der Waals surface area contributed by atoms with Gasteiger partial charge < -0.3 is 20.2 Å². The maximum atomic E-state index is 12.4. The lowest BCUT2D eigenvalue weighted by atomic mass is 10.0. The molecule has 0 aliphatic carbocycles. The summed E-state index contributed by atoms with van der Waals surface area (Å²) in [5, 5.41) is 30.0. The molecule has 7 nitrogen and oxygen atoms in total. The van der Waals surface area contributed by atoms with Gasteiger partial charge >= 0.3 is 0 Å². The zero-order valence-electron chi connectivity index (χ0n) is 17.8. The number of carbonyl (C=O) groups excluding carboxylic acids is 2. The number of H-pyrrole nitrogens is 2. The summed E-state index contributed by atoms with van der Waals surface area (Å²) in [6.07, 6.45) is 5.81. The number of aromatic amines is 2. The monoisotopic (exact) mass is 449 g/mol. The van der Waals surface area contributed by atoms with E-state index in [9.17, 15) is 25.1 Å². The molecule has 2 heterocycles. The van der Waals surface area contributed by atoms with Gasteiger partial charge in [-0.05, 0) is 36.4 Å². The predicted octanol–water partition coefficient (Wildman–Crippen LogP) is 5.35. The van der Waals surface area contributed by atoms with E-state index in [1.807, 2.05) is 54.6 Å². The third kappa shape index (κ3) is 4.42. The fraction of sp³-hybridized carbons (Fsp3) is 0. The first kappa shape index (κ1) is 22.1. The molecule has 0 unspecified atom stereocenters. The lowest BCUT2D eigenvalue weighted by Crippen LogP contribution is -2.01. The molecule has 0 saturated carbocycles. The van der Waals surface area contributed by atoms with E-state index in [1.54, 1.807) is 12.4 Å². The minimum Gasteiger partial charge on any atom is -0.504 e. The first-order chi connectivity index (χ1) is 16.5. The molecule has 5 rings (SSSR count). The predicted molar refractivity (Wildman–Crippen MR) is 130 cm³/mol. The number of allylic oxidation sites excluding steroid dienone is 1. The normalized spacial score (nSPS) is 11.0. The number of fused-ring (bicyclic) bond motifs is 2. The van der Waals surface area contributed by atoms with Crippen LogP contribution < -0.4 is 0 Å². The number of carbonyl (C=O) groups is 2. The molecule has 0 bridgehead atoms. The van der Waals surface area contributed by atoms with Crippen molar-refractivity contribution in [3.05, 3.63) is 101 Å². The number of nitriles is 1. The Morgan fingerprint density at radius 1 is 0.824 bits per heavy atom. The molecule has 166 valence electrons. The maximum absolute atomic E-state index is 12.4. The fourth-order valence-corrected chi connectivity index (χ4v) is 3.53. The number of benzene rings is 3. The highest BCUT2D eigenvalue weighted by molar-refractivity contribution is 6.15. The van der Waals surface area contributed by atoms with Crippen LogP contribution in [-0.4, -0.2) is 32.3 Å². The van der Waals surface area contributed by atoms with Crippen LogP contribution in [0.2, 0.25) is 0 Å². The molecule has 0 amide bonds. The number of rotatable bonds is 4. The fourth-order valence-electron chi connectivity index (χ4n) is 3.53. The van der Waals surface area contributed by atoms with Crippen molar-refractivity contribution in [3.8, 4) is 17.6 Å². The first-order valence-electron chi connectivity index (χ1n) is 10.3. The standard InChI is InChI=1S/C18H12N2O3.C9H7NO/c19-9-12(18(23)11-5-6-16(21)17(22)8-11)7-13-10-20-15-4-2-1-3-14(13)15;11-6-7-5-10-9-4-2-1-3-8(7)9/h1-8,10,20-22H;1-6,10H. The minimum absolute atomic E-state index is 0.0557. The van der Waals surface area contributed by atoms with E-state index in [4.69, 9.17) is 0 Å². The van der Waals surface area contributed by atoms with E-state index < -0.39 is 11.5 Å². The molecule has 0 radical (unpaired) electrons. The highest BCUT2D eigenvalue weighted by Crippen LogP contribution is 2.27. The van der Waals surface area contributed by atoms with Crippen LogP contribution in [0, 0.1) is 11.3 Å². The number of phenols is 2. The van der Waals surface area contributed by atoms with Gasteiger partial charge in [0.1, 0.15) is 11.6 Å². The number of hydrogen-bond acceptors (Lipinski definition) is 5. The van der Waals surface area contributed by atoms with E-state index in [1.165, 1.54) is 18.2 Å². The van der Waals surface area contributed by atoms with E-state index in [-0.39, 0.29) is 16.9 Å². The van der Waals surface area contributed by atoms with Crippen LogP contribution in [-0.2, 0) is 0 Å². The van der Waals surface area contributed by atoms with Gasteiger partial charge in [0.25, 0.3) is 0 Å². The van der Waals surface area contributed by atoms with Crippen molar-refractivity contribution >= 4 is 40.0 Å². The van der Waals surface area contributed by atoms with Crippen molar-refractivity contribution in [2.24, 2.45) is 0 Å². The number of para-hydroxylation sites is 2. The van der Waals surface area contributed by atoms with Crippen LogP contribution in [0.5, 0.6) is 11.5 Å². The second-order valence-corrected chi connectivity index (χ2v) is 7.40. The number of aromatic nitrogens is 2. The SMILES string of the molecule is N#CC(=Cc1c[nH]c2ccccc12)C(=O)c1ccc(O)c(O)c1.O=Cc1c[nH]c2ccccc12. The molecule has 0 aliphatic heterocycles. The second kappa shape index (κ2) is 9.59. The Morgan fingerprint density at radius 3 is 2.00 bits per heavy atom. The van der Waals surface area contributed by atoms with E-state index >= 15 is 0 Å². The summed E-state index contributed by atoms with van der Waals surface area (Å²) in [5.74, 6) is -1.24. The average Bonchev–Trinajstić information content (AvgIpc) is 3.48. The van der Waals surface area contributed by atoms with E-state index in [0.717, 1.165) is 45.3 Å². The van der Waals surface area contributed by atoms with Gasteiger partial charge in [0.05, 0.1) is 0 Å². The van der Waals surface area contributed by atoms with Crippen molar-refractivity contribution in [1.29, 1.82) is 5.26 Å². The lowest BCUT2D eigenvalue weighted by molar-refractivity contribution is 0.103. The Kier molecular flexibility index (Phi) is 6.24. The summed E-state index contributed by atoms with van der Waals surface area (Å²) in [5.41, 5.74) is 3.45. The minimum atomic E-state index is -0.520. The summed E-state index contributed by atoms with van der Waals surface area (Å²) in [6, 6.07) is 20.9. The van der Waals surface area contributed by atoms with Crippen LogP contribution in [0.25, 0.3) is 27.9 Å². The van der Waals surface area contributed by atoms with Gasteiger partial charge in [0.2, 0.25) is 5.78 Å². The van der Waals surface area contributed by atoms with E-state index in [0.29, 0.717) is 0 Å². The molecular weight excluding hydrogens is 430 g/mol. The number of nitrogens with one attached hydrogen (secondary N) is 2. The van der Waals surface area contributed by atoms with Gasteiger partial charge in [-0.15, -0.1) is 0 Å². The van der Waals surface area contributed by atoms with Gasteiger partial charge in [0, 0.05) is 50.9 Å². The summed E-state index contributed by atoms with van der Waals surface area (Å²) in [7, 11) is 0. The van der Waals surface area contributed by atoms with Crippen LogP contribution in [0.4, 0.5) is 0 Å². The van der Waals surface area contributed by atoms with Crippen molar-refractivity contribution in [3.63, 3.8) is 0 Å². The van der Waals surface area contributed by atoms with Gasteiger partial charge in [-0.3, -0.25) is 9.59 Å². The van der Waals surface area contributed by atoms with Gasteiger partial charge in [-0.25, -0.2) is 0 Å². The molecule has 34 heavy (non-hydrogen) atoms. The van der Waals surface area contributed by atoms with Crippen molar-refractivity contribution in [1.82, 2.24) is 9.97 Å². The third-order valence-electron chi connectivity index (χ3n) is 5.27. The van der Waals surface area contributed by atoms with Crippen molar-refractivity contribution in [2.75, 3.05) is 0 Å². The number of aromatic hydroxyl groups is 2. The first-order valence-corrected chi connectivity index (χ1v) is 10.3. The largest absolute Gasteiger partial charge is 0.504 e.